The molecule has 1 aromatic heterocycles. The molecule has 0 atom stereocenters. The van der Waals surface area contributed by atoms with Gasteiger partial charge in [-0.2, -0.15) is 0 Å². The number of pyridine rings is 1. The van der Waals surface area contributed by atoms with E-state index in [9.17, 15) is 9.59 Å². The summed E-state index contributed by atoms with van der Waals surface area (Å²) in [5.74, 6) is -0.456. The largest absolute Gasteiger partial charge is 0.461 e. The van der Waals surface area contributed by atoms with E-state index < -0.39 is 5.97 Å². The lowest BCUT2D eigenvalue weighted by molar-refractivity contribution is 0.0516. The average Bonchev–Trinajstić information content (AvgIpc) is 2.58. The van der Waals surface area contributed by atoms with E-state index in [-0.39, 0.29) is 12.0 Å². The molecule has 2 aromatic rings. The average molecular weight is 314 g/mol. The molecule has 5 heteroatoms. The number of esters is 1. The molecule has 1 fully saturated rings. The third-order valence-corrected chi connectivity index (χ3v) is 4.32. The SMILES string of the molecule is CCOC(=O)c1[nH]c2ccccc2c(=O)c1CN1CCCCC1. The fraction of sp³-hybridized carbons (Fsp3) is 0.444. The molecule has 122 valence electrons. The minimum Gasteiger partial charge on any atom is -0.461 e. The van der Waals surface area contributed by atoms with Crippen LogP contribution >= 0.6 is 0 Å². The van der Waals surface area contributed by atoms with Crippen LogP contribution in [-0.4, -0.2) is 35.5 Å². The van der Waals surface area contributed by atoms with Crippen molar-refractivity contribution >= 4 is 16.9 Å². The summed E-state index contributed by atoms with van der Waals surface area (Å²) < 4.78 is 5.13. The Kier molecular flexibility index (Phi) is 4.76. The highest BCUT2D eigenvalue weighted by molar-refractivity contribution is 5.92. The summed E-state index contributed by atoms with van der Waals surface area (Å²) in [6.45, 7) is 4.48. The molecule has 1 aromatic carbocycles. The molecule has 1 saturated heterocycles. The zero-order chi connectivity index (χ0) is 16.2. The van der Waals surface area contributed by atoms with Crippen LogP contribution in [0.1, 0.15) is 42.2 Å². The molecule has 5 nitrogen and oxygen atoms in total. The van der Waals surface area contributed by atoms with Crippen LogP contribution in [0.15, 0.2) is 29.1 Å². The fourth-order valence-electron chi connectivity index (χ4n) is 3.15. The van der Waals surface area contributed by atoms with Crippen molar-refractivity contribution < 1.29 is 9.53 Å². The number of benzene rings is 1. The highest BCUT2D eigenvalue weighted by atomic mass is 16.5. The smallest absolute Gasteiger partial charge is 0.355 e. The van der Waals surface area contributed by atoms with Crippen LogP contribution in [0.25, 0.3) is 10.9 Å². The lowest BCUT2D eigenvalue weighted by Crippen LogP contribution is -2.33. The van der Waals surface area contributed by atoms with E-state index in [1.54, 1.807) is 13.0 Å². The van der Waals surface area contributed by atoms with Crippen LogP contribution in [0.3, 0.4) is 0 Å². The van der Waals surface area contributed by atoms with Gasteiger partial charge in [0.05, 0.1) is 6.61 Å². The van der Waals surface area contributed by atoms with Crippen LogP contribution in [0, 0.1) is 0 Å². The van der Waals surface area contributed by atoms with Gasteiger partial charge in [0.1, 0.15) is 5.69 Å². The maximum absolute atomic E-state index is 12.9. The molecule has 0 unspecified atom stereocenters. The molecule has 0 amide bonds. The zero-order valence-corrected chi connectivity index (χ0v) is 13.4. The van der Waals surface area contributed by atoms with Gasteiger partial charge in [0.15, 0.2) is 5.43 Å². The summed E-state index contributed by atoms with van der Waals surface area (Å²) >= 11 is 0. The number of fused-ring (bicyclic) bond motifs is 1. The van der Waals surface area contributed by atoms with E-state index in [2.05, 4.69) is 9.88 Å². The maximum Gasteiger partial charge on any atom is 0.355 e. The second-order valence-electron chi connectivity index (χ2n) is 5.91. The van der Waals surface area contributed by atoms with Crippen LogP contribution in [0.4, 0.5) is 0 Å². The van der Waals surface area contributed by atoms with Gasteiger partial charge < -0.3 is 9.72 Å². The molecular formula is C18H22N2O3. The molecule has 0 saturated carbocycles. The minimum absolute atomic E-state index is 0.0759. The van der Waals surface area contributed by atoms with Gasteiger partial charge in [-0.3, -0.25) is 9.69 Å². The normalized spacial score (nSPS) is 15.7. The van der Waals surface area contributed by atoms with Crippen molar-refractivity contribution in [1.82, 2.24) is 9.88 Å². The van der Waals surface area contributed by atoms with E-state index in [1.165, 1.54) is 6.42 Å². The Balaban J connectivity index is 2.07. The molecule has 0 spiro atoms. The van der Waals surface area contributed by atoms with Gasteiger partial charge in [-0.25, -0.2) is 4.79 Å². The molecule has 1 aliphatic heterocycles. The summed E-state index contributed by atoms with van der Waals surface area (Å²) in [5, 5.41) is 0.618. The molecular weight excluding hydrogens is 292 g/mol. The fourth-order valence-corrected chi connectivity index (χ4v) is 3.15. The number of hydrogen-bond donors (Lipinski definition) is 1. The van der Waals surface area contributed by atoms with E-state index in [0.29, 0.717) is 28.7 Å². The molecule has 0 bridgehead atoms. The molecule has 1 N–H and O–H groups in total. The van der Waals surface area contributed by atoms with Crippen molar-refractivity contribution in [3.05, 3.63) is 45.7 Å². The second-order valence-corrected chi connectivity index (χ2v) is 5.91. The first kappa shape index (κ1) is 15.7. The Labute approximate surface area is 135 Å². The van der Waals surface area contributed by atoms with Crippen molar-refractivity contribution in [2.24, 2.45) is 0 Å². The van der Waals surface area contributed by atoms with E-state index in [0.717, 1.165) is 25.9 Å². The summed E-state index contributed by atoms with van der Waals surface area (Å²) in [7, 11) is 0. The van der Waals surface area contributed by atoms with Crippen molar-refractivity contribution in [3.8, 4) is 0 Å². The monoisotopic (exact) mass is 314 g/mol. The number of nitrogens with one attached hydrogen (secondary N) is 1. The van der Waals surface area contributed by atoms with Gasteiger partial charge in [0, 0.05) is 23.0 Å². The highest BCUT2D eigenvalue weighted by Gasteiger charge is 2.21. The Morgan fingerprint density at radius 3 is 2.70 bits per heavy atom. The lowest BCUT2D eigenvalue weighted by Gasteiger charge is -2.26. The number of para-hydroxylation sites is 1. The summed E-state index contributed by atoms with van der Waals surface area (Å²) in [6.07, 6.45) is 3.51. The van der Waals surface area contributed by atoms with E-state index in [1.807, 2.05) is 18.2 Å². The van der Waals surface area contributed by atoms with Gasteiger partial charge in [-0.1, -0.05) is 18.6 Å². The minimum atomic E-state index is -0.456. The first-order chi connectivity index (χ1) is 11.2. The van der Waals surface area contributed by atoms with E-state index >= 15 is 0 Å². The maximum atomic E-state index is 12.9. The first-order valence-electron chi connectivity index (χ1n) is 8.24. The van der Waals surface area contributed by atoms with Crippen LogP contribution < -0.4 is 5.43 Å². The van der Waals surface area contributed by atoms with Crippen LogP contribution in [-0.2, 0) is 11.3 Å². The van der Waals surface area contributed by atoms with Crippen molar-refractivity contribution in [2.75, 3.05) is 19.7 Å². The number of hydrogen-bond acceptors (Lipinski definition) is 4. The lowest BCUT2D eigenvalue weighted by atomic mass is 10.1. The van der Waals surface area contributed by atoms with Gasteiger partial charge in [-0.05, 0) is 45.0 Å². The third kappa shape index (κ3) is 3.29. The number of rotatable bonds is 4. The number of ether oxygens (including phenoxy) is 1. The first-order valence-corrected chi connectivity index (χ1v) is 8.24. The number of likely N-dealkylation sites (tertiary alicyclic amines) is 1. The molecule has 23 heavy (non-hydrogen) atoms. The number of nitrogens with zero attached hydrogens (tertiary/aromatic N) is 1. The van der Waals surface area contributed by atoms with Gasteiger partial charge in [0.2, 0.25) is 0 Å². The topological polar surface area (TPSA) is 62.4 Å². The number of carbonyl (C=O) groups excluding carboxylic acids is 1. The number of carbonyl (C=O) groups is 1. The molecule has 2 heterocycles. The number of H-pyrrole nitrogens is 1. The standard InChI is InChI=1S/C18H22N2O3/c1-2-23-18(22)16-14(12-20-10-6-3-7-11-20)17(21)13-8-4-5-9-15(13)19-16/h4-5,8-9H,2-3,6-7,10-12H2,1H3,(H,19,21). The molecule has 3 rings (SSSR count). The summed E-state index contributed by atoms with van der Waals surface area (Å²) in [6, 6.07) is 7.29. The van der Waals surface area contributed by atoms with Gasteiger partial charge in [-0.15, -0.1) is 0 Å². The van der Waals surface area contributed by atoms with Crippen molar-refractivity contribution in [1.29, 1.82) is 0 Å². The Morgan fingerprint density at radius 1 is 1.22 bits per heavy atom. The van der Waals surface area contributed by atoms with Crippen molar-refractivity contribution in [2.45, 2.75) is 32.7 Å². The van der Waals surface area contributed by atoms with Crippen molar-refractivity contribution in [3.63, 3.8) is 0 Å². The Hall–Kier alpha value is -2.14. The number of aromatic nitrogens is 1. The van der Waals surface area contributed by atoms with Crippen LogP contribution in [0.2, 0.25) is 0 Å². The summed E-state index contributed by atoms with van der Waals surface area (Å²) in [5.41, 5.74) is 1.40. The highest BCUT2D eigenvalue weighted by Crippen LogP contribution is 2.17. The number of piperidine rings is 1. The predicted molar refractivity (Wildman–Crippen MR) is 89.7 cm³/mol. The van der Waals surface area contributed by atoms with Gasteiger partial charge in [0.25, 0.3) is 0 Å². The number of aromatic amines is 1. The molecule has 1 aliphatic rings. The molecule has 0 aliphatic carbocycles. The third-order valence-electron chi connectivity index (χ3n) is 4.32. The Bertz CT molecular complexity index is 760. The second kappa shape index (κ2) is 6.96. The molecule has 0 radical (unpaired) electrons. The summed E-state index contributed by atoms with van der Waals surface area (Å²) in [4.78, 5) is 30.5. The quantitative estimate of drug-likeness (QED) is 0.881. The predicted octanol–water partition coefficient (Wildman–Crippen LogP) is 2.69. The van der Waals surface area contributed by atoms with Crippen LogP contribution in [0.5, 0.6) is 0 Å². The Morgan fingerprint density at radius 2 is 1.96 bits per heavy atom. The van der Waals surface area contributed by atoms with E-state index in [4.69, 9.17) is 4.74 Å². The van der Waals surface area contributed by atoms with Gasteiger partial charge >= 0.3 is 5.97 Å². The zero-order valence-electron chi connectivity index (χ0n) is 13.4.